The van der Waals surface area contributed by atoms with Crippen LogP contribution in [-0.4, -0.2) is 36.2 Å². The number of hydrogen-bond donors (Lipinski definition) is 1. The standard InChI is InChI=1S/C14H18N2O3/c17-9-12-3-2-11(19-12)8-16-6-5-13-10(7-16)1-4-14(18)15-13/h2-3,9-10,13H,1,4-8H2,(H,15,18). The van der Waals surface area contributed by atoms with E-state index in [4.69, 9.17) is 4.42 Å². The van der Waals surface area contributed by atoms with Crippen LogP contribution in [0.5, 0.6) is 0 Å². The molecule has 1 aromatic heterocycles. The number of nitrogens with one attached hydrogen (secondary N) is 1. The molecule has 5 nitrogen and oxygen atoms in total. The van der Waals surface area contributed by atoms with Gasteiger partial charge in [-0.05, 0) is 30.9 Å². The van der Waals surface area contributed by atoms with E-state index >= 15 is 0 Å². The molecule has 102 valence electrons. The fourth-order valence-electron chi connectivity index (χ4n) is 3.09. The molecule has 2 aliphatic rings. The third-order valence-corrected chi connectivity index (χ3v) is 4.08. The van der Waals surface area contributed by atoms with Gasteiger partial charge in [0.05, 0.1) is 6.54 Å². The van der Waals surface area contributed by atoms with E-state index in [1.807, 2.05) is 6.07 Å². The summed E-state index contributed by atoms with van der Waals surface area (Å²) in [5, 5.41) is 3.08. The molecule has 3 rings (SSSR count). The van der Waals surface area contributed by atoms with Crippen LogP contribution >= 0.6 is 0 Å². The third kappa shape index (κ3) is 2.71. The molecule has 0 radical (unpaired) electrons. The van der Waals surface area contributed by atoms with E-state index in [2.05, 4.69) is 10.2 Å². The average molecular weight is 262 g/mol. The first kappa shape index (κ1) is 12.4. The summed E-state index contributed by atoms with van der Waals surface area (Å²) >= 11 is 0. The van der Waals surface area contributed by atoms with Crippen molar-refractivity contribution >= 4 is 12.2 Å². The van der Waals surface area contributed by atoms with Crippen LogP contribution in [0, 0.1) is 5.92 Å². The van der Waals surface area contributed by atoms with E-state index in [9.17, 15) is 9.59 Å². The second kappa shape index (κ2) is 5.17. The highest BCUT2D eigenvalue weighted by molar-refractivity contribution is 5.77. The average Bonchev–Trinajstić information content (AvgIpc) is 2.86. The molecule has 5 heteroatoms. The number of carbonyl (C=O) groups excluding carboxylic acids is 2. The Kier molecular flexibility index (Phi) is 3.38. The number of furan rings is 1. The SMILES string of the molecule is O=Cc1ccc(CN2CCC3NC(=O)CCC3C2)o1. The summed E-state index contributed by atoms with van der Waals surface area (Å²) in [6, 6.07) is 3.91. The van der Waals surface area contributed by atoms with Crippen molar-refractivity contribution in [1.82, 2.24) is 10.2 Å². The third-order valence-electron chi connectivity index (χ3n) is 4.08. The van der Waals surface area contributed by atoms with Gasteiger partial charge in [-0.25, -0.2) is 0 Å². The van der Waals surface area contributed by atoms with E-state index in [1.54, 1.807) is 6.07 Å². The highest BCUT2D eigenvalue weighted by atomic mass is 16.3. The van der Waals surface area contributed by atoms with Crippen molar-refractivity contribution < 1.29 is 14.0 Å². The molecule has 1 N–H and O–H groups in total. The van der Waals surface area contributed by atoms with Gasteiger partial charge in [-0.3, -0.25) is 14.5 Å². The summed E-state index contributed by atoms with van der Waals surface area (Å²) in [5.41, 5.74) is 0. The van der Waals surface area contributed by atoms with Gasteiger partial charge in [0.1, 0.15) is 5.76 Å². The zero-order valence-electron chi connectivity index (χ0n) is 10.8. The van der Waals surface area contributed by atoms with Crippen LogP contribution in [-0.2, 0) is 11.3 Å². The molecule has 0 spiro atoms. The van der Waals surface area contributed by atoms with Gasteiger partial charge in [0, 0.05) is 25.6 Å². The predicted molar refractivity (Wildman–Crippen MR) is 68.6 cm³/mol. The Morgan fingerprint density at radius 2 is 2.32 bits per heavy atom. The normalized spacial score (nSPS) is 27.7. The Balaban J connectivity index is 1.59. The van der Waals surface area contributed by atoms with E-state index in [1.165, 1.54) is 0 Å². The molecule has 0 bridgehead atoms. The highest BCUT2D eigenvalue weighted by Crippen LogP contribution is 2.26. The molecule has 2 saturated heterocycles. The number of aldehydes is 1. The fraction of sp³-hybridized carbons (Fsp3) is 0.571. The second-order valence-electron chi connectivity index (χ2n) is 5.42. The van der Waals surface area contributed by atoms with Crippen LogP contribution in [0.1, 0.15) is 35.6 Å². The van der Waals surface area contributed by atoms with E-state index in [0.29, 0.717) is 24.1 Å². The molecule has 0 aromatic carbocycles. The smallest absolute Gasteiger partial charge is 0.220 e. The first-order valence-corrected chi connectivity index (χ1v) is 6.80. The van der Waals surface area contributed by atoms with Crippen molar-refractivity contribution in [3.05, 3.63) is 23.7 Å². The molecule has 2 fully saturated rings. The monoisotopic (exact) mass is 262 g/mol. The molecule has 1 amide bonds. The number of amides is 1. The van der Waals surface area contributed by atoms with Gasteiger partial charge in [-0.1, -0.05) is 0 Å². The van der Waals surface area contributed by atoms with Crippen LogP contribution in [0.4, 0.5) is 0 Å². The summed E-state index contributed by atoms with van der Waals surface area (Å²) in [6.07, 6.45) is 3.35. The number of piperidine rings is 2. The molecule has 0 aliphatic carbocycles. The van der Waals surface area contributed by atoms with Gasteiger partial charge in [-0.15, -0.1) is 0 Å². The Hall–Kier alpha value is -1.62. The minimum atomic E-state index is 0.191. The predicted octanol–water partition coefficient (Wildman–Crippen LogP) is 1.19. The van der Waals surface area contributed by atoms with Crippen molar-refractivity contribution in [3.8, 4) is 0 Å². The lowest BCUT2D eigenvalue weighted by Gasteiger charge is -2.41. The lowest BCUT2D eigenvalue weighted by molar-refractivity contribution is -0.125. The number of likely N-dealkylation sites (tertiary alicyclic amines) is 1. The minimum Gasteiger partial charge on any atom is -0.457 e. The van der Waals surface area contributed by atoms with E-state index in [-0.39, 0.29) is 5.91 Å². The van der Waals surface area contributed by atoms with Crippen molar-refractivity contribution in [2.45, 2.75) is 31.8 Å². The zero-order chi connectivity index (χ0) is 13.2. The Morgan fingerprint density at radius 3 is 3.11 bits per heavy atom. The van der Waals surface area contributed by atoms with Crippen molar-refractivity contribution in [2.75, 3.05) is 13.1 Å². The number of fused-ring (bicyclic) bond motifs is 1. The van der Waals surface area contributed by atoms with E-state index < -0.39 is 0 Å². The summed E-state index contributed by atoms with van der Waals surface area (Å²) in [5.74, 6) is 1.96. The molecule has 3 heterocycles. The molecule has 1 aromatic rings. The second-order valence-corrected chi connectivity index (χ2v) is 5.42. The van der Waals surface area contributed by atoms with Gasteiger partial charge in [-0.2, -0.15) is 0 Å². The van der Waals surface area contributed by atoms with Crippen LogP contribution in [0.15, 0.2) is 16.5 Å². The molecule has 2 unspecified atom stereocenters. The Labute approximate surface area is 111 Å². The zero-order valence-corrected chi connectivity index (χ0v) is 10.8. The quantitative estimate of drug-likeness (QED) is 0.831. The maximum atomic E-state index is 11.4. The van der Waals surface area contributed by atoms with Gasteiger partial charge in [0.2, 0.25) is 5.91 Å². The molecule has 0 saturated carbocycles. The van der Waals surface area contributed by atoms with Crippen molar-refractivity contribution in [3.63, 3.8) is 0 Å². The molecular formula is C14H18N2O3. The summed E-state index contributed by atoms with van der Waals surface area (Å²) in [4.78, 5) is 24.3. The molecule has 2 atom stereocenters. The van der Waals surface area contributed by atoms with Gasteiger partial charge < -0.3 is 9.73 Å². The number of nitrogens with zero attached hydrogens (tertiary/aromatic N) is 1. The van der Waals surface area contributed by atoms with Crippen LogP contribution in [0.3, 0.4) is 0 Å². The maximum absolute atomic E-state index is 11.4. The lowest BCUT2D eigenvalue weighted by Crippen LogP contribution is -2.53. The van der Waals surface area contributed by atoms with Crippen LogP contribution in [0.2, 0.25) is 0 Å². The number of rotatable bonds is 3. The number of carbonyl (C=O) groups is 2. The summed E-state index contributed by atoms with van der Waals surface area (Å²) < 4.78 is 5.41. The Morgan fingerprint density at radius 1 is 1.42 bits per heavy atom. The van der Waals surface area contributed by atoms with Crippen LogP contribution in [0.25, 0.3) is 0 Å². The Bertz CT molecular complexity index is 483. The van der Waals surface area contributed by atoms with Crippen molar-refractivity contribution in [2.24, 2.45) is 5.92 Å². The van der Waals surface area contributed by atoms with Gasteiger partial charge >= 0.3 is 0 Å². The molecule has 19 heavy (non-hydrogen) atoms. The molecular weight excluding hydrogens is 244 g/mol. The first-order valence-electron chi connectivity index (χ1n) is 6.80. The summed E-state index contributed by atoms with van der Waals surface area (Å²) in [6.45, 7) is 2.69. The fourth-order valence-corrected chi connectivity index (χ4v) is 3.09. The van der Waals surface area contributed by atoms with Crippen molar-refractivity contribution in [1.29, 1.82) is 0 Å². The van der Waals surface area contributed by atoms with Gasteiger partial charge in [0.25, 0.3) is 0 Å². The summed E-state index contributed by atoms with van der Waals surface area (Å²) in [7, 11) is 0. The van der Waals surface area contributed by atoms with Crippen LogP contribution < -0.4 is 5.32 Å². The highest BCUT2D eigenvalue weighted by Gasteiger charge is 2.33. The lowest BCUT2D eigenvalue weighted by atomic mass is 9.85. The largest absolute Gasteiger partial charge is 0.457 e. The van der Waals surface area contributed by atoms with E-state index in [0.717, 1.165) is 44.5 Å². The number of hydrogen-bond acceptors (Lipinski definition) is 4. The maximum Gasteiger partial charge on any atom is 0.220 e. The minimum absolute atomic E-state index is 0.191. The molecule has 2 aliphatic heterocycles. The first-order chi connectivity index (χ1) is 9.24. The van der Waals surface area contributed by atoms with Gasteiger partial charge in [0.15, 0.2) is 12.0 Å². The topological polar surface area (TPSA) is 62.6 Å².